The maximum Gasteiger partial charge on any atom is 0.390 e. The second kappa shape index (κ2) is 3.12. The SMILES string of the molecule is O=Cc1nc([N+](=O)[O-])c2cccc(F)n12. The van der Waals surface area contributed by atoms with Crippen LogP contribution < -0.4 is 0 Å². The van der Waals surface area contributed by atoms with Gasteiger partial charge in [-0.05, 0) is 22.0 Å². The normalized spacial score (nSPS) is 10.5. The molecule has 0 spiro atoms. The Morgan fingerprint density at radius 3 is 2.87 bits per heavy atom. The molecule has 0 saturated carbocycles. The molecule has 0 N–H and O–H groups in total. The van der Waals surface area contributed by atoms with E-state index in [1.54, 1.807) is 0 Å². The summed E-state index contributed by atoms with van der Waals surface area (Å²) in [4.78, 5) is 23.7. The Bertz CT molecular complexity index is 564. The Kier molecular flexibility index (Phi) is 1.93. The van der Waals surface area contributed by atoms with Crippen molar-refractivity contribution in [3.63, 3.8) is 0 Å². The van der Waals surface area contributed by atoms with Crippen molar-refractivity contribution < 1.29 is 14.1 Å². The largest absolute Gasteiger partial charge is 0.390 e. The molecule has 2 aromatic heterocycles. The molecule has 0 unspecified atom stereocenters. The molecule has 0 aliphatic heterocycles. The van der Waals surface area contributed by atoms with Gasteiger partial charge in [0.2, 0.25) is 12.2 Å². The maximum atomic E-state index is 13.3. The minimum Gasteiger partial charge on any atom is -0.358 e. The van der Waals surface area contributed by atoms with Crippen molar-refractivity contribution in [3.8, 4) is 0 Å². The molecular weight excluding hydrogens is 205 g/mol. The minimum atomic E-state index is -0.768. The number of nitro groups is 1. The van der Waals surface area contributed by atoms with E-state index < -0.39 is 16.7 Å². The van der Waals surface area contributed by atoms with Crippen molar-refractivity contribution in [3.05, 3.63) is 40.1 Å². The summed E-state index contributed by atoms with van der Waals surface area (Å²) in [7, 11) is 0. The summed E-state index contributed by atoms with van der Waals surface area (Å²) < 4.78 is 14.0. The van der Waals surface area contributed by atoms with E-state index in [0.717, 1.165) is 10.5 Å². The van der Waals surface area contributed by atoms with Crippen molar-refractivity contribution in [2.45, 2.75) is 0 Å². The van der Waals surface area contributed by atoms with Gasteiger partial charge in [-0.15, -0.1) is 0 Å². The van der Waals surface area contributed by atoms with E-state index in [1.807, 2.05) is 0 Å². The quantitative estimate of drug-likeness (QED) is 0.322. The lowest BCUT2D eigenvalue weighted by Gasteiger charge is -1.94. The van der Waals surface area contributed by atoms with Gasteiger partial charge in [0.05, 0.1) is 0 Å². The van der Waals surface area contributed by atoms with E-state index in [2.05, 4.69) is 4.98 Å². The molecule has 0 atom stereocenters. The van der Waals surface area contributed by atoms with E-state index in [-0.39, 0.29) is 17.6 Å². The average molecular weight is 209 g/mol. The van der Waals surface area contributed by atoms with Gasteiger partial charge in [-0.2, -0.15) is 4.39 Å². The van der Waals surface area contributed by atoms with Gasteiger partial charge in [0, 0.05) is 0 Å². The van der Waals surface area contributed by atoms with E-state index in [9.17, 15) is 19.3 Å². The number of hydrogen-bond acceptors (Lipinski definition) is 4. The van der Waals surface area contributed by atoms with Crippen LogP contribution in [-0.4, -0.2) is 20.6 Å². The van der Waals surface area contributed by atoms with Crippen LogP contribution in [0.4, 0.5) is 10.2 Å². The van der Waals surface area contributed by atoms with E-state index >= 15 is 0 Å². The number of fused-ring (bicyclic) bond motifs is 1. The van der Waals surface area contributed by atoms with E-state index in [4.69, 9.17) is 0 Å². The second-order valence-electron chi connectivity index (χ2n) is 2.74. The number of halogens is 1. The number of aldehydes is 1. The average Bonchev–Trinajstić information content (AvgIpc) is 2.58. The van der Waals surface area contributed by atoms with Gasteiger partial charge in [-0.3, -0.25) is 4.79 Å². The lowest BCUT2D eigenvalue weighted by molar-refractivity contribution is -0.387. The lowest BCUT2D eigenvalue weighted by Crippen LogP contribution is -1.96. The van der Waals surface area contributed by atoms with Gasteiger partial charge < -0.3 is 10.1 Å². The molecule has 7 heteroatoms. The molecule has 6 nitrogen and oxygen atoms in total. The Morgan fingerprint density at radius 1 is 1.53 bits per heavy atom. The third-order valence-corrected chi connectivity index (χ3v) is 1.90. The molecule has 2 heterocycles. The number of carbonyl (C=O) groups is 1. The van der Waals surface area contributed by atoms with E-state index in [0.29, 0.717) is 0 Å². The summed E-state index contributed by atoms with van der Waals surface area (Å²) >= 11 is 0. The van der Waals surface area contributed by atoms with Crippen molar-refractivity contribution in [2.75, 3.05) is 0 Å². The summed E-state index contributed by atoms with van der Waals surface area (Å²) in [5.74, 6) is -1.62. The first-order chi connectivity index (χ1) is 7.15. The Morgan fingerprint density at radius 2 is 2.27 bits per heavy atom. The lowest BCUT2D eigenvalue weighted by atomic mass is 10.4. The van der Waals surface area contributed by atoms with Crippen molar-refractivity contribution >= 4 is 17.6 Å². The van der Waals surface area contributed by atoms with Gasteiger partial charge in [0.1, 0.15) is 5.52 Å². The van der Waals surface area contributed by atoms with E-state index in [1.165, 1.54) is 12.1 Å². The molecule has 0 amide bonds. The first-order valence-electron chi connectivity index (χ1n) is 3.91. The Labute approximate surface area is 82.1 Å². The zero-order valence-electron chi connectivity index (χ0n) is 7.25. The topological polar surface area (TPSA) is 77.5 Å². The molecule has 0 radical (unpaired) electrons. The summed E-state index contributed by atoms with van der Waals surface area (Å²) in [6.07, 6.45) is 0.267. The first kappa shape index (κ1) is 9.25. The fraction of sp³-hybridized carbons (Fsp3) is 0. The summed E-state index contributed by atoms with van der Waals surface area (Å²) in [5, 5.41) is 10.5. The number of hydrogen-bond donors (Lipinski definition) is 0. The van der Waals surface area contributed by atoms with Crippen LogP contribution in [0.1, 0.15) is 10.6 Å². The highest BCUT2D eigenvalue weighted by Crippen LogP contribution is 2.20. The Hall–Kier alpha value is -2.31. The van der Waals surface area contributed by atoms with Crippen molar-refractivity contribution in [1.82, 2.24) is 9.38 Å². The number of nitrogens with zero attached hydrogens (tertiary/aromatic N) is 3. The van der Waals surface area contributed by atoms with Gasteiger partial charge in [-0.1, -0.05) is 6.07 Å². The maximum absolute atomic E-state index is 13.3. The zero-order valence-corrected chi connectivity index (χ0v) is 7.25. The number of rotatable bonds is 2. The van der Waals surface area contributed by atoms with Crippen LogP contribution in [0.5, 0.6) is 0 Å². The monoisotopic (exact) mass is 209 g/mol. The van der Waals surface area contributed by atoms with Gasteiger partial charge in [-0.25, -0.2) is 4.40 Å². The molecule has 2 rings (SSSR count). The highest BCUT2D eigenvalue weighted by Gasteiger charge is 2.23. The summed E-state index contributed by atoms with van der Waals surface area (Å²) in [6.45, 7) is 0. The van der Waals surface area contributed by atoms with Crippen LogP contribution in [0.25, 0.3) is 5.52 Å². The van der Waals surface area contributed by atoms with Gasteiger partial charge in [0.25, 0.3) is 5.82 Å². The van der Waals surface area contributed by atoms with Crippen LogP contribution in [0.3, 0.4) is 0 Å². The predicted molar refractivity (Wildman–Crippen MR) is 47.2 cm³/mol. The molecule has 0 aromatic carbocycles. The van der Waals surface area contributed by atoms with Crippen LogP contribution in [0, 0.1) is 16.1 Å². The minimum absolute atomic E-state index is 0.0397. The number of carbonyl (C=O) groups excluding carboxylic acids is 1. The summed E-state index contributed by atoms with van der Waals surface area (Å²) in [6, 6.07) is 3.72. The number of imidazole rings is 1. The van der Waals surface area contributed by atoms with Crippen LogP contribution in [0.2, 0.25) is 0 Å². The molecule has 0 saturated heterocycles. The molecule has 0 aliphatic carbocycles. The molecule has 0 fully saturated rings. The van der Waals surface area contributed by atoms with Crippen molar-refractivity contribution in [2.24, 2.45) is 0 Å². The molecular formula is C8H4FN3O3. The smallest absolute Gasteiger partial charge is 0.358 e. The predicted octanol–water partition coefficient (Wildman–Crippen LogP) is 1.19. The Balaban J connectivity index is 2.93. The van der Waals surface area contributed by atoms with Gasteiger partial charge in [0.15, 0.2) is 0 Å². The third kappa shape index (κ3) is 1.25. The fourth-order valence-corrected chi connectivity index (χ4v) is 1.32. The standard InChI is InChI=1S/C8H4FN3O3/c9-6-3-1-2-5-8(12(14)15)10-7(4-13)11(5)6/h1-4H. The zero-order chi connectivity index (χ0) is 11.0. The summed E-state index contributed by atoms with van der Waals surface area (Å²) in [5.41, 5.74) is -0.0397. The molecule has 15 heavy (non-hydrogen) atoms. The highest BCUT2D eigenvalue weighted by atomic mass is 19.1. The van der Waals surface area contributed by atoms with Gasteiger partial charge >= 0.3 is 5.82 Å². The molecule has 0 aliphatic rings. The first-order valence-corrected chi connectivity index (χ1v) is 3.91. The second-order valence-corrected chi connectivity index (χ2v) is 2.74. The van der Waals surface area contributed by atoms with Crippen LogP contribution in [0.15, 0.2) is 18.2 Å². The fourth-order valence-electron chi connectivity index (χ4n) is 1.32. The van der Waals surface area contributed by atoms with Crippen molar-refractivity contribution in [1.29, 1.82) is 0 Å². The molecule has 76 valence electrons. The molecule has 0 bridgehead atoms. The van der Waals surface area contributed by atoms with Crippen LogP contribution >= 0.6 is 0 Å². The highest BCUT2D eigenvalue weighted by molar-refractivity contribution is 5.76. The number of aromatic nitrogens is 2. The number of pyridine rings is 1. The van der Waals surface area contributed by atoms with Crippen LogP contribution in [-0.2, 0) is 0 Å². The molecule has 2 aromatic rings. The third-order valence-electron chi connectivity index (χ3n) is 1.90.